The van der Waals surface area contributed by atoms with Crippen LogP contribution in [0.4, 0.5) is 0 Å². The molecule has 0 spiro atoms. The molecule has 158 valence electrons. The molecule has 0 bridgehead atoms. The summed E-state index contributed by atoms with van der Waals surface area (Å²) in [6.45, 7) is 13.2. The average molecular weight is 397 g/mol. The van der Waals surface area contributed by atoms with E-state index in [0.717, 1.165) is 57.2 Å². The molecule has 2 aromatic rings. The fourth-order valence-electron chi connectivity index (χ4n) is 4.07. The van der Waals surface area contributed by atoms with Crippen LogP contribution < -0.4 is 10.6 Å². The van der Waals surface area contributed by atoms with E-state index < -0.39 is 0 Å². The number of aryl methyl sites for hydroxylation is 3. The van der Waals surface area contributed by atoms with Crippen molar-refractivity contribution in [3.05, 3.63) is 53.3 Å². The van der Waals surface area contributed by atoms with E-state index in [1.54, 1.807) is 0 Å². The van der Waals surface area contributed by atoms with Gasteiger partial charge >= 0.3 is 0 Å². The first kappa shape index (κ1) is 21.4. The summed E-state index contributed by atoms with van der Waals surface area (Å²) >= 11 is 0. The van der Waals surface area contributed by atoms with E-state index in [9.17, 15) is 0 Å². The monoisotopic (exact) mass is 396 g/mol. The lowest BCUT2D eigenvalue weighted by molar-refractivity contribution is 0.258. The van der Waals surface area contributed by atoms with Gasteiger partial charge in [0.1, 0.15) is 0 Å². The Kier molecular flexibility index (Phi) is 7.69. The van der Waals surface area contributed by atoms with E-state index in [-0.39, 0.29) is 0 Å². The Balaban J connectivity index is 1.49. The Morgan fingerprint density at radius 2 is 2.03 bits per heavy atom. The lowest BCUT2D eigenvalue weighted by Gasteiger charge is -2.21. The summed E-state index contributed by atoms with van der Waals surface area (Å²) in [5.74, 6) is 0.930. The smallest absolute Gasteiger partial charge is 0.191 e. The second kappa shape index (κ2) is 10.4. The minimum Gasteiger partial charge on any atom is -0.357 e. The Labute approximate surface area is 175 Å². The third-order valence-electron chi connectivity index (χ3n) is 5.52. The van der Waals surface area contributed by atoms with Gasteiger partial charge in [0.05, 0.1) is 5.69 Å². The van der Waals surface area contributed by atoms with E-state index in [0.29, 0.717) is 12.1 Å². The van der Waals surface area contributed by atoms with Gasteiger partial charge in [0, 0.05) is 50.5 Å². The quantitative estimate of drug-likeness (QED) is 0.409. The van der Waals surface area contributed by atoms with E-state index in [1.807, 2.05) is 6.92 Å². The standard InChI is InChI=1S/C23H36N6/c1-5-24-23(25-12-9-13-29-20(4)14-18(2)27-29)26-22-15-19(3)28(17-22)16-21-10-7-6-8-11-21/h6-8,10-11,14,19,22H,5,9,12-13,15-17H2,1-4H3,(H2,24,25,26). The van der Waals surface area contributed by atoms with Crippen molar-refractivity contribution in [3.8, 4) is 0 Å². The van der Waals surface area contributed by atoms with Crippen molar-refractivity contribution >= 4 is 5.96 Å². The fourth-order valence-corrected chi connectivity index (χ4v) is 4.07. The molecule has 0 amide bonds. The molecule has 1 aromatic carbocycles. The molecule has 0 saturated carbocycles. The Bertz CT molecular complexity index is 782. The number of guanidine groups is 1. The van der Waals surface area contributed by atoms with Gasteiger partial charge in [-0.15, -0.1) is 0 Å². The van der Waals surface area contributed by atoms with Crippen LogP contribution in [0.15, 0.2) is 41.4 Å². The molecule has 6 nitrogen and oxygen atoms in total. The van der Waals surface area contributed by atoms with Crippen molar-refractivity contribution in [1.82, 2.24) is 25.3 Å². The molecule has 0 aliphatic carbocycles. The van der Waals surface area contributed by atoms with E-state index >= 15 is 0 Å². The van der Waals surface area contributed by atoms with Gasteiger partial charge in [-0.05, 0) is 52.2 Å². The first-order valence-electron chi connectivity index (χ1n) is 10.9. The van der Waals surface area contributed by atoms with Gasteiger partial charge in [0.15, 0.2) is 5.96 Å². The van der Waals surface area contributed by atoms with Gasteiger partial charge in [-0.3, -0.25) is 14.6 Å². The lowest BCUT2D eigenvalue weighted by atomic mass is 10.2. The molecule has 3 rings (SSSR count). The number of nitrogens with one attached hydrogen (secondary N) is 2. The molecule has 2 heterocycles. The number of benzene rings is 1. The molecule has 29 heavy (non-hydrogen) atoms. The topological polar surface area (TPSA) is 57.5 Å². The van der Waals surface area contributed by atoms with Crippen LogP contribution in [0.25, 0.3) is 0 Å². The van der Waals surface area contributed by atoms with Gasteiger partial charge in [0.2, 0.25) is 0 Å². The summed E-state index contributed by atoms with van der Waals surface area (Å²) in [5, 5.41) is 11.6. The maximum atomic E-state index is 4.80. The number of hydrogen-bond donors (Lipinski definition) is 2. The van der Waals surface area contributed by atoms with Crippen LogP contribution in [-0.2, 0) is 13.1 Å². The SMILES string of the molecule is CCNC(=NCCCn1nc(C)cc1C)NC1CC(C)N(Cc2ccccc2)C1. The molecule has 1 fully saturated rings. The summed E-state index contributed by atoms with van der Waals surface area (Å²) < 4.78 is 2.07. The molecule has 0 radical (unpaired) electrons. The maximum absolute atomic E-state index is 4.80. The first-order chi connectivity index (χ1) is 14.0. The molecule has 2 unspecified atom stereocenters. The minimum absolute atomic E-state index is 0.433. The number of rotatable bonds is 8. The molecule has 1 aliphatic heterocycles. The highest BCUT2D eigenvalue weighted by atomic mass is 15.3. The minimum atomic E-state index is 0.433. The molecule has 1 aliphatic rings. The molecular weight excluding hydrogens is 360 g/mol. The van der Waals surface area contributed by atoms with Crippen molar-refractivity contribution in [3.63, 3.8) is 0 Å². The zero-order valence-electron chi connectivity index (χ0n) is 18.4. The summed E-state index contributed by atoms with van der Waals surface area (Å²) in [7, 11) is 0. The highest BCUT2D eigenvalue weighted by Crippen LogP contribution is 2.20. The van der Waals surface area contributed by atoms with Crippen LogP contribution in [-0.4, -0.2) is 52.4 Å². The van der Waals surface area contributed by atoms with Gasteiger partial charge < -0.3 is 10.6 Å². The average Bonchev–Trinajstić information content (AvgIpc) is 3.20. The maximum Gasteiger partial charge on any atom is 0.191 e. The van der Waals surface area contributed by atoms with E-state index in [4.69, 9.17) is 4.99 Å². The van der Waals surface area contributed by atoms with Crippen molar-refractivity contribution in [2.75, 3.05) is 19.6 Å². The summed E-state index contributed by atoms with van der Waals surface area (Å²) in [4.78, 5) is 7.35. The van der Waals surface area contributed by atoms with Crippen molar-refractivity contribution in [2.24, 2.45) is 4.99 Å². The molecular formula is C23H36N6. The number of likely N-dealkylation sites (tertiary alicyclic amines) is 1. The first-order valence-corrected chi connectivity index (χ1v) is 10.9. The second-order valence-corrected chi connectivity index (χ2v) is 8.11. The van der Waals surface area contributed by atoms with Gasteiger partial charge in [-0.25, -0.2) is 0 Å². The van der Waals surface area contributed by atoms with Gasteiger partial charge in [0.25, 0.3) is 0 Å². The van der Waals surface area contributed by atoms with E-state index in [1.165, 1.54) is 11.3 Å². The zero-order valence-corrected chi connectivity index (χ0v) is 18.4. The number of aromatic nitrogens is 2. The molecule has 2 atom stereocenters. The Morgan fingerprint density at radius 1 is 1.24 bits per heavy atom. The van der Waals surface area contributed by atoms with Crippen LogP contribution in [0, 0.1) is 13.8 Å². The number of aliphatic imine (C=N–C) groups is 1. The van der Waals surface area contributed by atoms with Crippen LogP contribution >= 0.6 is 0 Å². The number of hydrogen-bond acceptors (Lipinski definition) is 3. The van der Waals surface area contributed by atoms with Crippen LogP contribution in [0.5, 0.6) is 0 Å². The lowest BCUT2D eigenvalue weighted by Crippen LogP contribution is -2.44. The summed E-state index contributed by atoms with van der Waals surface area (Å²) in [6.07, 6.45) is 2.13. The Hall–Kier alpha value is -2.34. The fraction of sp³-hybridized carbons (Fsp3) is 0.565. The predicted octanol–water partition coefficient (Wildman–Crippen LogP) is 3.11. The molecule has 1 aromatic heterocycles. The number of nitrogens with zero attached hydrogens (tertiary/aromatic N) is 4. The summed E-state index contributed by atoms with van der Waals surface area (Å²) in [6, 6.07) is 13.9. The van der Waals surface area contributed by atoms with Crippen molar-refractivity contribution in [1.29, 1.82) is 0 Å². The highest BCUT2D eigenvalue weighted by Gasteiger charge is 2.29. The van der Waals surface area contributed by atoms with Gasteiger partial charge in [-0.1, -0.05) is 30.3 Å². The normalized spacial score (nSPS) is 20.2. The zero-order chi connectivity index (χ0) is 20.6. The molecule has 1 saturated heterocycles. The van der Waals surface area contributed by atoms with Crippen molar-refractivity contribution in [2.45, 2.75) is 65.7 Å². The molecule has 6 heteroatoms. The second-order valence-electron chi connectivity index (χ2n) is 8.11. The van der Waals surface area contributed by atoms with E-state index in [2.05, 4.69) is 82.5 Å². The predicted molar refractivity (Wildman–Crippen MR) is 120 cm³/mol. The third-order valence-corrected chi connectivity index (χ3v) is 5.52. The summed E-state index contributed by atoms with van der Waals surface area (Å²) in [5.41, 5.74) is 3.68. The van der Waals surface area contributed by atoms with Gasteiger partial charge in [-0.2, -0.15) is 5.10 Å². The third kappa shape index (κ3) is 6.32. The van der Waals surface area contributed by atoms with Crippen LogP contribution in [0.2, 0.25) is 0 Å². The van der Waals surface area contributed by atoms with Crippen LogP contribution in [0.1, 0.15) is 43.6 Å². The largest absolute Gasteiger partial charge is 0.357 e. The highest BCUT2D eigenvalue weighted by molar-refractivity contribution is 5.80. The van der Waals surface area contributed by atoms with Crippen molar-refractivity contribution < 1.29 is 0 Å². The molecule has 2 N–H and O–H groups in total. The van der Waals surface area contributed by atoms with Crippen LogP contribution in [0.3, 0.4) is 0 Å². The Morgan fingerprint density at radius 3 is 2.72 bits per heavy atom.